The number of anilines is 1. The normalized spacial score (nSPS) is 27.1. The maximum Gasteiger partial charge on any atom is 0.141 e. The van der Waals surface area contributed by atoms with Gasteiger partial charge in [0, 0.05) is 18.1 Å². The second-order valence-corrected chi connectivity index (χ2v) is 6.37. The van der Waals surface area contributed by atoms with Crippen molar-refractivity contribution in [3.8, 4) is 5.75 Å². The van der Waals surface area contributed by atoms with Crippen molar-refractivity contribution in [2.75, 3.05) is 19.0 Å². The second kappa shape index (κ2) is 6.27. The Bertz CT molecular complexity index is 468. The van der Waals surface area contributed by atoms with Crippen LogP contribution in [0.5, 0.6) is 5.75 Å². The molecule has 0 amide bonds. The summed E-state index contributed by atoms with van der Waals surface area (Å²) in [6.45, 7) is 2.94. The highest BCUT2D eigenvalue weighted by atomic mass is 16.5. The SMILES string of the molecule is CCOC1CC(Nc2ccccc2OC)C12CCCCC2. The number of methoxy groups -OCH3 is 1. The number of hydrogen-bond donors (Lipinski definition) is 1. The van der Waals surface area contributed by atoms with Crippen molar-refractivity contribution in [3.05, 3.63) is 24.3 Å². The van der Waals surface area contributed by atoms with Gasteiger partial charge in [0.25, 0.3) is 0 Å². The van der Waals surface area contributed by atoms with Gasteiger partial charge in [-0.15, -0.1) is 0 Å². The molecule has 3 nitrogen and oxygen atoms in total. The highest BCUT2D eigenvalue weighted by Gasteiger charge is 2.55. The molecule has 2 aliphatic rings. The Kier molecular flexibility index (Phi) is 4.39. The van der Waals surface area contributed by atoms with Crippen LogP contribution < -0.4 is 10.1 Å². The molecule has 21 heavy (non-hydrogen) atoms. The lowest BCUT2D eigenvalue weighted by Gasteiger charge is -2.58. The first-order chi connectivity index (χ1) is 10.3. The summed E-state index contributed by atoms with van der Waals surface area (Å²) in [6, 6.07) is 8.74. The van der Waals surface area contributed by atoms with E-state index >= 15 is 0 Å². The molecule has 0 radical (unpaired) electrons. The van der Waals surface area contributed by atoms with Crippen molar-refractivity contribution in [2.24, 2.45) is 5.41 Å². The number of benzene rings is 1. The summed E-state index contributed by atoms with van der Waals surface area (Å²) in [5.41, 5.74) is 1.46. The van der Waals surface area contributed by atoms with Crippen LogP contribution in [0.3, 0.4) is 0 Å². The molecule has 3 rings (SSSR count). The molecule has 2 unspecified atom stereocenters. The van der Waals surface area contributed by atoms with E-state index in [9.17, 15) is 0 Å². The molecule has 2 saturated carbocycles. The van der Waals surface area contributed by atoms with Crippen molar-refractivity contribution in [1.82, 2.24) is 0 Å². The maximum absolute atomic E-state index is 6.02. The average Bonchev–Trinajstić information content (AvgIpc) is 2.55. The summed E-state index contributed by atoms with van der Waals surface area (Å²) in [5.74, 6) is 0.934. The van der Waals surface area contributed by atoms with E-state index in [0.29, 0.717) is 17.6 Å². The number of hydrogen-bond acceptors (Lipinski definition) is 3. The molecular formula is C18H27NO2. The highest BCUT2D eigenvalue weighted by molar-refractivity contribution is 5.57. The fraction of sp³-hybridized carbons (Fsp3) is 0.667. The van der Waals surface area contributed by atoms with Crippen LogP contribution in [0, 0.1) is 5.41 Å². The van der Waals surface area contributed by atoms with E-state index in [-0.39, 0.29) is 0 Å². The van der Waals surface area contributed by atoms with Crippen LogP contribution in [0.2, 0.25) is 0 Å². The zero-order chi connectivity index (χ0) is 14.7. The van der Waals surface area contributed by atoms with E-state index in [0.717, 1.165) is 24.5 Å². The minimum absolute atomic E-state index is 0.342. The highest BCUT2D eigenvalue weighted by Crippen LogP contribution is 2.54. The Morgan fingerprint density at radius 3 is 2.67 bits per heavy atom. The van der Waals surface area contributed by atoms with Gasteiger partial charge in [-0.25, -0.2) is 0 Å². The third-order valence-electron chi connectivity index (χ3n) is 5.37. The molecule has 1 spiro atoms. The maximum atomic E-state index is 6.02. The largest absolute Gasteiger partial charge is 0.495 e. The Morgan fingerprint density at radius 2 is 1.95 bits per heavy atom. The zero-order valence-electron chi connectivity index (χ0n) is 13.2. The van der Waals surface area contributed by atoms with Crippen LogP contribution in [-0.4, -0.2) is 25.9 Å². The summed E-state index contributed by atoms with van der Waals surface area (Å²) in [7, 11) is 1.74. The van der Waals surface area contributed by atoms with Crippen molar-refractivity contribution >= 4 is 5.69 Å². The summed E-state index contributed by atoms with van der Waals surface area (Å²) in [4.78, 5) is 0. The molecule has 116 valence electrons. The van der Waals surface area contributed by atoms with Gasteiger partial charge in [0.1, 0.15) is 5.75 Å². The second-order valence-electron chi connectivity index (χ2n) is 6.37. The minimum atomic E-state index is 0.342. The first-order valence-electron chi connectivity index (χ1n) is 8.31. The molecule has 1 N–H and O–H groups in total. The van der Waals surface area contributed by atoms with Gasteiger partial charge in [-0.2, -0.15) is 0 Å². The molecule has 1 aromatic rings. The van der Waals surface area contributed by atoms with E-state index < -0.39 is 0 Å². The molecule has 2 fully saturated rings. The first-order valence-corrected chi connectivity index (χ1v) is 8.31. The van der Waals surface area contributed by atoms with Gasteiger partial charge < -0.3 is 14.8 Å². The Hall–Kier alpha value is -1.22. The minimum Gasteiger partial charge on any atom is -0.495 e. The predicted molar refractivity (Wildman–Crippen MR) is 86.0 cm³/mol. The molecule has 0 bridgehead atoms. The van der Waals surface area contributed by atoms with Crippen LogP contribution in [-0.2, 0) is 4.74 Å². The monoisotopic (exact) mass is 289 g/mol. The van der Waals surface area contributed by atoms with Crippen molar-refractivity contribution in [2.45, 2.75) is 57.6 Å². The fourth-order valence-electron chi connectivity index (χ4n) is 4.22. The summed E-state index contributed by atoms with van der Waals surface area (Å²) in [6.07, 6.45) is 8.21. The quantitative estimate of drug-likeness (QED) is 0.879. The summed E-state index contributed by atoms with van der Waals surface area (Å²) < 4.78 is 11.5. The van der Waals surface area contributed by atoms with Gasteiger partial charge in [0.15, 0.2) is 0 Å². The van der Waals surface area contributed by atoms with Crippen LogP contribution >= 0.6 is 0 Å². The van der Waals surface area contributed by atoms with Crippen molar-refractivity contribution in [3.63, 3.8) is 0 Å². The lowest BCUT2D eigenvalue weighted by atomic mass is 9.55. The molecule has 0 aromatic heterocycles. The molecule has 3 heteroatoms. The van der Waals surface area contributed by atoms with Crippen molar-refractivity contribution in [1.29, 1.82) is 0 Å². The van der Waals surface area contributed by atoms with Crippen molar-refractivity contribution < 1.29 is 9.47 Å². The molecule has 0 aliphatic heterocycles. The Balaban J connectivity index is 1.75. The average molecular weight is 289 g/mol. The van der Waals surface area contributed by atoms with E-state index in [1.807, 2.05) is 12.1 Å². The van der Waals surface area contributed by atoms with E-state index in [1.165, 1.54) is 32.1 Å². The molecule has 2 aliphatic carbocycles. The molecule has 1 aromatic carbocycles. The zero-order valence-corrected chi connectivity index (χ0v) is 13.2. The Labute approximate surface area is 128 Å². The number of ether oxygens (including phenoxy) is 2. The lowest BCUT2D eigenvalue weighted by Crippen LogP contribution is -2.62. The van der Waals surface area contributed by atoms with E-state index in [2.05, 4.69) is 24.4 Å². The Morgan fingerprint density at radius 1 is 1.19 bits per heavy atom. The lowest BCUT2D eigenvalue weighted by molar-refractivity contribution is -0.134. The molecule has 0 saturated heterocycles. The molecule has 0 heterocycles. The van der Waals surface area contributed by atoms with Gasteiger partial charge in [-0.1, -0.05) is 31.4 Å². The summed E-state index contributed by atoms with van der Waals surface area (Å²) in [5, 5.41) is 3.74. The number of rotatable bonds is 5. The van der Waals surface area contributed by atoms with Crippen LogP contribution in [0.25, 0.3) is 0 Å². The topological polar surface area (TPSA) is 30.5 Å². The van der Waals surface area contributed by atoms with Gasteiger partial charge in [-0.3, -0.25) is 0 Å². The third kappa shape index (κ3) is 2.64. The smallest absolute Gasteiger partial charge is 0.141 e. The van der Waals surface area contributed by atoms with E-state index in [1.54, 1.807) is 7.11 Å². The standard InChI is InChI=1S/C18H27NO2/c1-3-21-17-13-16(18(17)11-7-4-8-12-18)19-14-9-5-6-10-15(14)20-2/h5-6,9-10,16-17,19H,3-4,7-8,11-13H2,1-2H3. The number of nitrogens with one attached hydrogen (secondary N) is 1. The van der Waals surface area contributed by atoms with Gasteiger partial charge in [0.2, 0.25) is 0 Å². The van der Waals surface area contributed by atoms with Gasteiger partial charge in [-0.05, 0) is 38.3 Å². The van der Waals surface area contributed by atoms with Gasteiger partial charge >= 0.3 is 0 Å². The van der Waals surface area contributed by atoms with Crippen LogP contribution in [0.1, 0.15) is 45.4 Å². The first kappa shape index (κ1) is 14.7. The van der Waals surface area contributed by atoms with E-state index in [4.69, 9.17) is 9.47 Å². The third-order valence-corrected chi connectivity index (χ3v) is 5.37. The fourth-order valence-corrected chi connectivity index (χ4v) is 4.22. The van der Waals surface area contributed by atoms with Crippen LogP contribution in [0.15, 0.2) is 24.3 Å². The van der Waals surface area contributed by atoms with Crippen LogP contribution in [0.4, 0.5) is 5.69 Å². The summed E-state index contributed by atoms with van der Waals surface area (Å²) >= 11 is 0. The molecular weight excluding hydrogens is 262 g/mol. The number of para-hydroxylation sites is 2. The van der Waals surface area contributed by atoms with Gasteiger partial charge in [0.05, 0.1) is 18.9 Å². The predicted octanol–water partition coefficient (Wildman–Crippen LogP) is 4.24. The molecule has 2 atom stereocenters.